The quantitative estimate of drug-likeness (QED) is 0.282. The molecule has 0 unspecified atom stereocenters. The van der Waals surface area contributed by atoms with E-state index in [1.54, 1.807) is 42.1 Å². The molecule has 10 heteroatoms. The molecule has 0 aliphatic heterocycles. The van der Waals surface area contributed by atoms with Crippen molar-refractivity contribution >= 4 is 34.3 Å². The summed E-state index contributed by atoms with van der Waals surface area (Å²) in [5.41, 5.74) is 3.03. The molecule has 198 valence electrons. The topological polar surface area (TPSA) is 104 Å². The fourth-order valence-corrected chi connectivity index (χ4v) is 4.15. The van der Waals surface area contributed by atoms with Crippen molar-refractivity contribution in [3.63, 3.8) is 0 Å². The number of benzene rings is 2. The van der Waals surface area contributed by atoms with Crippen LogP contribution in [0.3, 0.4) is 0 Å². The third-order valence-corrected chi connectivity index (χ3v) is 6.04. The lowest BCUT2D eigenvalue weighted by Gasteiger charge is -2.11. The fraction of sp³-hybridized carbons (Fsp3) is 0.250. The Morgan fingerprint density at radius 2 is 1.82 bits per heavy atom. The largest absolute Gasteiger partial charge is 0.497 e. The van der Waals surface area contributed by atoms with Crippen LogP contribution >= 0.6 is 0 Å². The van der Waals surface area contributed by atoms with Gasteiger partial charge in [-0.05, 0) is 36.2 Å². The molecule has 38 heavy (non-hydrogen) atoms. The van der Waals surface area contributed by atoms with Crippen molar-refractivity contribution in [1.29, 1.82) is 0 Å². The minimum absolute atomic E-state index is 0.166. The Balaban J connectivity index is 1.74. The van der Waals surface area contributed by atoms with E-state index in [9.17, 15) is 14.0 Å². The second kappa shape index (κ2) is 12.2. The molecule has 0 saturated carbocycles. The van der Waals surface area contributed by atoms with Crippen molar-refractivity contribution in [2.45, 2.75) is 19.5 Å². The summed E-state index contributed by atoms with van der Waals surface area (Å²) in [6.07, 6.45) is 2.19. The van der Waals surface area contributed by atoms with E-state index >= 15 is 0 Å². The Kier molecular flexibility index (Phi) is 8.55. The number of halogens is 1. The molecule has 0 aliphatic rings. The van der Waals surface area contributed by atoms with E-state index in [4.69, 9.17) is 14.2 Å². The number of aromatic nitrogens is 2. The molecular formula is C28H29FN4O5. The predicted octanol–water partition coefficient (Wildman–Crippen LogP) is 4.41. The first-order chi connectivity index (χ1) is 18.4. The van der Waals surface area contributed by atoms with Crippen molar-refractivity contribution in [2.75, 3.05) is 38.6 Å². The summed E-state index contributed by atoms with van der Waals surface area (Å²) in [7, 11) is 4.29. The van der Waals surface area contributed by atoms with Gasteiger partial charge in [0.15, 0.2) is 5.69 Å². The van der Waals surface area contributed by atoms with Crippen LogP contribution < -0.4 is 15.4 Å². The Morgan fingerprint density at radius 1 is 1.05 bits per heavy atom. The van der Waals surface area contributed by atoms with Gasteiger partial charge >= 0.3 is 5.97 Å². The van der Waals surface area contributed by atoms with Crippen LogP contribution in [-0.4, -0.2) is 49.4 Å². The van der Waals surface area contributed by atoms with Gasteiger partial charge in [-0.1, -0.05) is 30.3 Å². The van der Waals surface area contributed by atoms with Crippen LogP contribution in [-0.2, 0) is 33.8 Å². The van der Waals surface area contributed by atoms with Gasteiger partial charge in [0.2, 0.25) is 5.91 Å². The number of amides is 1. The van der Waals surface area contributed by atoms with Crippen LogP contribution in [0.4, 0.5) is 15.8 Å². The lowest BCUT2D eigenvalue weighted by Crippen LogP contribution is -2.20. The number of rotatable bonds is 11. The van der Waals surface area contributed by atoms with Gasteiger partial charge in [-0.3, -0.25) is 4.79 Å². The number of methoxy groups -OCH3 is 3. The van der Waals surface area contributed by atoms with Crippen LogP contribution in [0.1, 0.15) is 21.6 Å². The summed E-state index contributed by atoms with van der Waals surface area (Å²) >= 11 is 0. The molecule has 4 aromatic rings. The smallest absolute Gasteiger partial charge is 0.356 e. The van der Waals surface area contributed by atoms with Crippen molar-refractivity contribution in [3.8, 4) is 5.75 Å². The Morgan fingerprint density at radius 3 is 2.50 bits per heavy atom. The van der Waals surface area contributed by atoms with Crippen molar-refractivity contribution in [3.05, 3.63) is 83.4 Å². The van der Waals surface area contributed by atoms with Crippen molar-refractivity contribution < 1.29 is 28.2 Å². The highest BCUT2D eigenvalue weighted by molar-refractivity contribution is 6.11. The summed E-state index contributed by atoms with van der Waals surface area (Å²) in [6.45, 7) is 0.424. The van der Waals surface area contributed by atoms with Gasteiger partial charge in [-0.25, -0.2) is 14.2 Å². The minimum atomic E-state index is -0.619. The van der Waals surface area contributed by atoms with Crippen LogP contribution in [0.5, 0.6) is 5.75 Å². The Hall–Kier alpha value is -4.44. The standard InChI is InChI=1S/C28H29FN4O5/c1-36-17-24(34)32-25-22-14-20(30-15-19-6-4-5-7-23(19)29)16-31-27(22)33(26(25)28(35)38-3)13-12-18-8-10-21(37-2)11-9-18/h4-11,14,16,30H,12-13,15,17H2,1-3H3,(H,32,34). The number of nitrogens with one attached hydrogen (secondary N) is 2. The van der Waals surface area contributed by atoms with Crippen molar-refractivity contribution in [1.82, 2.24) is 9.55 Å². The molecule has 0 saturated heterocycles. The SMILES string of the molecule is COCC(=O)Nc1c(C(=O)OC)n(CCc2ccc(OC)cc2)c2ncc(NCc3ccccc3F)cc12. The number of carbonyl (C=O) groups is 2. The summed E-state index contributed by atoms with van der Waals surface area (Å²) < 4.78 is 31.1. The lowest BCUT2D eigenvalue weighted by atomic mass is 10.1. The second-order valence-electron chi connectivity index (χ2n) is 8.49. The number of carbonyl (C=O) groups excluding carboxylic acids is 2. The maximum absolute atomic E-state index is 14.1. The third-order valence-electron chi connectivity index (χ3n) is 6.04. The molecule has 4 rings (SSSR count). The normalized spacial score (nSPS) is 10.8. The maximum Gasteiger partial charge on any atom is 0.356 e. The number of hydrogen-bond acceptors (Lipinski definition) is 7. The number of anilines is 2. The van der Waals surface area contributed by atoms with E-state index in [1.807, 2.05) is 24.3 Å². The molecule has 0 bridgehead atoms. The highest BCUT2D eigenvalue weighted by atomic mass is 19.1. The van der Waals surface area contributed by atoms with E-state index < -0.39 is 11.9 Å². The molecule has 1 amide bonds. The summed E-state index contributed by atoms with van der Waals surface area (Å²) in [5.74, 6) is -0.627. The van der Waals surface area contributed by atoms with Crippen LogP contribution in [0, 0.1) is 5.82 Å². The van der Waals surface area contributed by atoms with E-state index in [1.165, 1.54) is 20.3 Å². The maximum atomic E-state index is 14.1. The van der Waals surface area contributed by atoms with E-state index in [0.717, 1.165) is 11.3 Å². The fourth-order valence-electron chi connectivity index (χ4n) is 4.15. The average Bonchev–Trinajstić information content (AvgIpc) is 3.23. The summed E-state index contributed by atoms with van der Waals surface area (Å²) in [4.78, 5) is 30.1. The highest BCUT2D eigenvalue weighted by Crippen LogP contribution is 2.33. The Labute approximate surface area is 219 Å². The zero-order valence-corrected chi connectivity index (χ0v) is 21.4. The number of nitrogens with zero attached hydrogens (tertiary/aromatic N) is 2. The first-order valence-corrected chi connectivity index (χ1v) is 11.9. The first-order valence-electron chi connectivity index (χ1n) is 11.9. The first kappa shape index (κ1) is 26.6. The van der Waals surface area contributed by atoms with Gasteiger partial charge in [0.1, 0.15) is 23.8 Å². The van der Waals surface area contributed by atoms with Crippen LogP contribution in [0.15, 0.2) is 60.8 Å². The van der Waals surface area contributed by atoms with Gasteiger partial charge in [0.05, 0.1) is 31.8 Å². The van der Waals surface area contributed by atoms with Crippen molar-refractivity contribution in [2.24, 2.45) is 0 Å². The predicted molar refractivity (Wildman–Crippen MR) is 142 cm³/mol. The van der Waals surface area contributed by atoms with Gasteiger partial charge in [-0.2, -0.15) is 0 Å². The lowest BCUT2D eigenvalue weighted by molar-refractivity contribution is -0.119. The highest BCUT2D eigenvalue weighted by Gasteiger charge is 2.26. The summed E-state index contributed by atoms with van der Waals surface area (Å²) in [5, 5.41) is 6.48. The zero-order valence-electron chi connectivity index (χ0n) is 21.4. The van der Waals surface area contributed by atoms with Gasteiger partial charge < -0.3 is 29.4 Å². The van der Waals surface area contributed by atoms with E-state index in [-0.39, 0.29) is 30.4 Å². The zero-order chi connectivity index (χ0) is 27.1. The molecule has 2 heterocycles. The monoisotopic (exact) mass is 520 g/mol. The molecule has 9 nitrogen and oxygen atoms in total. The Bertz CT molecular complexity index is 1440. The van der Waals surface area contributed by atoms with E-state index in [2.05, 4.69) is 15.6 Å². The number of ether oxygens (including phenoxy) is 3. The minimum Gasteiger partial charge on any atom is -0.497 e. The molecule has 0 fully saturated rings. The molecule has 0 spiro atoms. The summed E-state index contributed by atoms with van der Waals surface area (Å²) in [6, 6.07) is 15.9. The molecule has 0 radical (unpaired) electrons. The molecule has 2 aromatic carbocycles. The average molecular weight is 521 g/mol. The number of pyridine rings is 1. The molecular weight excluding hydrogens is 491 g/mol. The van der Waals surface area contributed by atoms with Gasteiger partial charge in [0, 0.05) is 31.1 Å². The molecule has 2 aromatic heterocycles. The molecule has 0 aliphatic carbocycles. The van der Waals surface area contributed by atoms with Crippen LogP contribution in [0.25, 0.3) is 11.0 Å². The van der Waals surface area contributed by atoms with Crippen LogP contribution in [0.2, 0.25) is 0 Å². The second-order valence-corrected chi connectivity index (χ2v) is 8.49. The number of esters is 1. The number of aryl methyl sites for hydroxylation is 2. The van der Waals surface area contributed by atoms with Gasteiger partial charge in [0.25, 0.3) is 0 Å². The number of fused-ring (bicyclic) bond motifs is 1. The number of hydrogen-bond donors (Lipinski definition) is 2. The molecule has 2 N–H and O–H groups in total. The molecule has 0 atom stereocenters. The third kappa shape index (κ3) is 5.92. The van der Waals surface area contributed by atoms with Gasteiger partial charge in [-0.15, -0.1) is 0 Å². The van der Waals surface area contributed by atoms with E-state index in [0.29, 0.717) is 35.2 Å².